The molecule has 7 rings (SSSR count). The van der Waals surface area contributed by atoms with Crippen LogP contribution in [-0.2, 0) is 34.2 Å². The molecule has 0 amide bonds. The molecule has 240 valence electrons. The number of benzene rings is 5. The van der Waals surface area contributed by atoms with Crippen molar-refractivity contribution in [2.45, 2.75) is 59.3 Å². The van der Waals surface area contributed by atoms with Crippen molar-refractivity contribution in [1.29, 1.82) is 0 Å². The molecule has 0 unspecified atom stereocenters. The molecule has 0 aromatic heterocycles. The Labute approximate surface area is 309 Å². The van der Waals surface area contributed by atoms with Crippen LogP contribution < -0.4 is 35.2 Å². The second-order valence-corrected chi connectivity index (χ2v) is 19.6. The molecular formula is C43H44Cl2SiZr-2. The van der Waals surface area contributed by atoms with E-state index >= 15 is 0 Å². The van der Waals surface area contributed by atoms with Gasteiger partial charge in [0.25, 0.3) is 0 Å². The van der Waals surface area contributed by atoms with Crippen LogP contribution >= 0.6 is 0 Å². The molecule has 7 aromatic carbocycles. The predicted octanol–water partition coefficient (Wildman–Crippen LogP) is 4.52. The molecule has 47 heavy (non-hydrogen) atoms. The van der Waals surface area contributed by atoms with Crippen LogP contribution in [-0.4, -0.2) is 5.43 Å². The SMILES string of the molecule is CC(C)(C)c1ccc2c(c1)[cH-]c1cc(C(C)(C)C)ccc12.Cc1cc2ccccc2[cH-]1.[Cl-].[Cl-].[Zr+2]=[Si](c1ccccc1)c1ccccc1. The summed E-state index contributed by atoms with van der Waals surface area (Å²) in [4.78, 5) is 0. The Bertz CT molecular complexity index is 1900. The van der Waals surface area contributed by atoms with E-state index in [0.717, 1.165) is 0 Å². The van der Waals surface area contributed by atoms with Crippen molar-refractivity contribution in [1.82, 2.24) is 0 Å². The van der Waals surface area contributed by atoms with Gasteiger partial charge in [0.15, 0.2) is 0 Å². The van der Waals surface area contributed by atoms with Gasteiger partial charge in [0.2, 0.25) is 0 Å². The summed E-state index contributed by atoms with van der Waals surface area (Å²) >= 11 is 1.64. The molecule has 0 fully saturated rings. The maximum absolute atomic E-state index is 2.35. The topological polar surface area (TPSA) is 0 Å². The van der Waals surface area contributed by atoms with Gasteiger partial charge in [-0.3, -0.25) is 0 Å². The van der Waals surface area contributed by atoms with Gasteiger partial charge in [-0.15, -0.1) is 80.3 Å². The number of hydrogen-bond donors (Lipinski definition) is 0. The number of halogens is 2. The first-order chi connectivity index (χ1) is 21.4. The van der Waals surface area contributed by atoms with Gasteiger partial charge in [0.05, 0.1) is 0 Å². The Hall–Kier alpha value is -2.74. The van der Waals surface area contributed by atoms with Crippen LogP contribution in [0.25, 0.3) is 32.3 Å². The molecule has 0 aliphatic heterocycles. The number of fused-ring (bicyclic) bond motifs is 4. The average molecular weight is 751 g/mol. The first kappa shape index (κ1) is 38.7. The van der Waals surface area contributed by atoms with Crippen LogP contribution in [0.4, 0.5) is 0 Å². The minimum atomic E-state index is -0.455. The fourth-order valence-corrected chi connectivity index (χ4v) is 9.48. The molecule has 0 bridgehead atoms. The van der Waals surface area contributed by atoms with Crippen LogP contribution in [0.5, 0.6) is 0 Å². The zero-order chi connectivity index (χ0) is 32.2. The van der Waals surface area contributed by atoms with Crippen molar-refractivity contribution in [3.63, 3.8) is 0 Å². The normalized spacial score (nSPS) is 11.1. The summed E-state index contributed by atoms with van der Waals surface area (Å²) in [5.41, 5.74) is 4.11. The van der Waals surface area contributed by atoms with Crippen molar-refractivity contribution in [3.8, 4) is 0 Å². The summed E-state index contributed by atoms with van der Waals surface area (Å²) in [6.07, 6.45) is 0. The molecule has 0 aliphatic rings. The molecule has 0 nitrogen and oxygen atoms in total. The van der Waals surface area contributed by atoms with Crippen LogP contribution in [0.1, 0.15) is 58.2 Å². The van der Waals surface area contributed by atoms with Crippen molar-refractivity contribution >= 4 is 48.1 Å². The third-order valence-corrected chi connectivity index (χ3v) is 14.4. The van der Waals surface area contributed by atoms with E-state index < -0.39 is 5.43 Å². The first-order valence-electron chi connectivity index (χ1n) is 15.9. The van der Waals surface area contributed by atoms with Crippen LogP contribution in [0.15, 0.2) is 140 Å². The van der Waals surface area contributed by atoms with E-state index in [2.05, 4.69) is 188 Å². The molecule has 0 radical (unpaired) electrons. The molecule has 0 atom stereocenters. The second kappa shape index (κ2) is 16.6. The van der Waals surface area contributed by atoms with Gasteiger partial charge < -0.3 is 24.8 Å². The molecule has 0 spiro atoms. The zero-order valence-electron chi connectivity index (χ0n) is 28.5. The predicted molar refractivity (Wildman–Crippen MR) is 197 cm³/mol. The fourth-order valence-electron chi connectivity index (χ4n) is 5.64. The van der Waals surface area contributed by atoms with Crippen molar-refractivity contribution in [2.24, 2.45) is 0 Å². The summed E-state index contributed by atoms with van der Waals surface area (Å²) in [7, 11) is 0. The molecule has 0 N–H and O–H groups in total. The van der Waals surface area contributed by atoms with Gasteiger partial charge in [0, 0.05) is 0 Å². The Morgan fingerprint density at radius 2 is 0.915 bits per heavy atom. The first-order valence-corrected chi connectivity index (χ1v) is 21.0. The summed E-state index contributed by atoms with van der Waals surface area (Å²) in [6.45, 7) is 15.8. The standard InChI is InChI=1S/C21H25.C12H10Si.C10H9.2ClH.Zr/c1-20(2,3)16-7-9-18-14(12-16)11-15-13-17(21(4,5)6)8-10-19(15)18;1-3-7-11(8-4-1)13-12-9-5-2-6-10-12;1-8-6-9-4-2-3-5-10(9)7-8;;;/h7-13H,1-6H3;1-10H;2-7H,1H3;2*1H;/q-1;;-1;;;+2/p-2. The molecule has 0 aliphatic carbocycles. The Balaban J connectivity index is 0.000000200. The molecule has 7 aromatic rings. The van der Waals surface area contributed by atoms with Crippen LogP contribution in [0.2, 0.25) is 0 Å². The van der Waals surface area contributed by atoms with Gasteiger partial charge >= 0.3 is 99.8 Å². The number of rotatable bonds is 2. The van der Waals surface area contributed by atoms with E-state index in [9.17, 15) is 0 Å². The van der Waals surface area contributed by atoms with E-state index in [0.29, 0.717) is 0 Å². The van der Waals surface area contributed by atoms with Crippen molar-refractivity contribution < 1.29 is 48.1 Å². The van der Waals surface area contributed by atoms with E-state index in [1.165, 1.54) is 59.4 Å². The molecule has 0 heterocycles. The van der Waals surface area contributed by atoms with Gasteiger partial charge in [0.1, 0.15) is 0 Å². The fraction of sp³-hybridized carbons (Fsp3) is 0.209. The summed E-state index contributed by atoms with van der Waals surface area (Å²) < 4.78 is 0. The molecule has 0 saturated heterocycles. The van der Waals surface area contributed by atoms with Crippen LogP contribution in [0.3, 0.4) is 0 Å². The van der Waals surface area contributed by atoms with Crippen molar-refractivity contribution in [3.05, 3.63) is 156 Å². The van der Waals surface area contributed by atoms with E-state index in [-0.39, 0.29) is 35.6 Å². The van der Waals surface area contributed by atoms with E-state index in [4.69, 9.17) is 0 Å². The average Bonchev–Trinajstić information content (AvgIpc) is 3.60. The molecular weight excluding hydrogens is 707 g/mol. The van der Waals surface area contributed by atoms with Gasteiger partial charge in [-0.1, -0.05) is 89.9 Å². The monoisotopic (exact) mass is 748 g/mol. The minimum absolute atomic E-state index is 0. The van der Waals surface area contributed by atoms with Gasteiger partial charge in [-0.2, -0.15) is 6.07 Å². The second-order valence-electron chi connectivity index (χ2n) is 14.0. The Kier molecular flexibility index (Phi) is 13.7. The van der Waals surface area contributed by atoms with Gasteiger partial charge in [-0.05, 0) is 10.8 Å². The molecule has 0 saturated carbocycles. The maximum atomic E-state index is 2.35. The van der Waals surface area contributed by atoms with Gasteiger partial charge in [-0.25, -0.2) is 0 Å². The number of hydrogen-bond acceptors (Lipinski definition) is 0. The Morgan fingerprint density at radius 1 is 0.489 bits per heavy atom. The van der Waals surface area contributed by atoms with E-state index in [1.807, 2.05) is 0 Å². The van der Waals surface area contributed by atoms with E-state index in [1.54, 1.807) is 23.3 Å². The summed E-state index contributed by atoms with van der Waals surface area (Å²) in [6, 6.07) is 50.7. The zero-order valence-corrected chi connectivity index (χ0v) is 33.5. The summed E-state index contributed by atoms with van der Waals surface area (Å²) in [5.74, 6) is 0. The summed E-state index contributed by atoms with van der Waals surface area (Å²) in [5, 5.41) is 11.2. The molecule has 4 heteroatoms. The number of aryl methyl sites for hydroxylation is 1. The third kappa shape index (κ3) is 9.90. The van der Waals surface area contributed by atoms with Crippen LogP contribution in [0, 0.1) is 6.92 Å². The van der Waals surface area contributed by atoms with Crippen molar-refractivity contribution in [2.75, 3.05) is 0 Å². The quantitative estimate of drug-likeness (QED) is 0.180. The Morgan fingerprint density at radius 3 is 1.34 bits per heavy atom. The third-order valence-electron chi connectivity index (χ3n) is 8.32.